The van der Waals surface area contributed by atoms with E-state index in [1.807, 2.05) is 0 Å². The number of carbonyl (C=O) groups is 2. The second-order valence-corrected chi connectivity index (χ2v) is 4.71. The van der Waals surface area contributed by atoms with Crippen LogP contribution in [-0.4, -0.2) is 36.3 Å². The number of halogens is 1. The van der Waals surface area contributed by atoms with Crippen molar-refractivity contribution in [3.8, 4) is 0 Å². The standard InChI is InChI=1S/C12H17ClN4O2/c1-7(17(2)6-11(15)18)12(19)16-10-4-3-8(13)5-9(10)14/h3-5,7H,6,14H2,1-2H3,(H2,15,18)(H,16,19). The molecule has 0 saturated carbocycles. The van der Waals surface area contributed by atoms with Crippen molar-refractivity contribution >= 4 is 34.8 Å². The van der Waals surface area contributed by atoms with Crippen LogP contribution in [0.25, 0.3) is 0 Å². The van der Waals surface area contributed by atoms with Gasteiger partial charge in [-0.2, -0.15) is 0 Å². The molecule has 1 atom stereocenters. The minimum absolute atomic E-state index is 0.00465. The maximum Gasteiger partial charge on any atom is 0.241 e. The molecule has 0 fully saturated rings. The summed E-state index contributed by atoms with van der Waals surface area (Å²) in [6.07, 6.45) is 0. The lowest BCUT2D eigenvalue weighted by molar-refractivity contribution is -0.123. The van der Waals surface area contributed by atoms with Gasteiger partial charge in [-0.05, 0) is 32.2 Å². The summed E-state index contributed by atoms with van der Waals surface area (Å²) in [5.41, 5.74) is 11.7. The molecule has 0 aliphatic rings. The van der Waals surface area contributed by atoms with Crippen molar-refractivity contribution in [2.24, 2.45) is 5.73 Å². The number of benzene rings is 1. The van der Waals surface area contributed by atoms with Gasteiger partial charge in [0.1, 0.15) is 0 Å². The summed E-state index contributed by atoms with van der Waals surface area (Å²) < 4.78 is 0. The second-order valence-electron chi connectivity index (χ2n) is 4.28. The van der Waals surface area contributed by atoms with Crippen LogP contribution in [0.4, 0.5) is 11.4 Å². The van der Waals surface area contributed by atoms with Gasteiger partial charge in [-0.3, -0.25) is 14.5 Å². The lowest BCUT2D eigenvalue weighted by atomic mass is 10.2. The highest BCUT2D eigenvalue weighted by Crippen LogP contribution is 2.22. The molecule has 1 unspecified atom stereocenters. The number of amides is 2. The zero-order chi connectivity index (χ0) is 14.6. The van der Waals surface area contributed by atoms with E-state index in [9.17, 15) is 9.59 Å². The monoisotopic (exact) mass is 284 g/mol. The number of primary amides is 1. The number of hydrogen-bond donors (Lipinski definition) is 3. The number of rotatable bonds is 5. The van der Waals surface area contributed by atoms with E-state index >= 15 is 0 Å². The van der Waals surface area contributed by atoms with Gasteiger partial charge in [0.15, 0.2) is 0 Å². The second kappa shape index (κ2) is 6.40. The third-order valence-electron chi connectivity index (χ3n) is 2.72. The van der Waals surface area contributed by atoms with Gasteiger partial charge in [-0.15, -0.1) is 0 Å². The first-order chi connectivity index (χ1) is 8.81. The van der Waals surface area contributed by atoms with Gasteiger partial charge in [-0.1, -0.05) is 11.6 Å². The molecule has 19 heavy (non-hydrogen) atoms. The smallest absolute Gasteiger partial charge is 0.241 e. The van der Waals surface area contributed by atoms with Crippen molar-refractivity contribution in [3.63, 3.8) is 0 Å². The predicted octanol–water partition coefficient (Wildman–Crippen LogP) is 0.666. The summed E-state index contributed by atoms with van der Waals surface area (Å²) in [7, 11) is 1.64. The van der Waals surface area contributed by atoms with E-state index in [1.54, 1.807) is 37.1 Å². The van der Waals surface area contributed by atoms with Gasteiger partial charge < -0.3 is 16.8 Å². The number of carbonyl (C=O) groups excluding carboxylic acids is 2. The van der Waals surface area contributed by atoms with Crippen molar-refractivity contribution in [2.45, 2.75) is 13.0 Å². The fourth-order valence-electron chi connectivity index (χ4n) is 1.47. The van der Waals surface area contributed by atoms with Crippen molar-refractivity contribution in [1.29, 1.82) is 0 Å². The summed E-state index contributed by atoms with van der Waals surface area (Å²) in [5, 5.41) is 3.17. The van der Waals surface area contributed by atoms with Crippen molar-refractivity contribution in [2.75, 3.05) is 24.6 Å². The number of anilines is 2. The molecule has 0 radical (unpaired) electrons. The first-order valence-corrected chi connectivity index (χ1v) is 6.03. The van der Waals surface area contributed by atoms with Crippen LogP contribution >= 0.6 is 11.6 Å². The molecule has 104 valence electrons. The minimum Gasteiger partial charge on any atom is -0.397 e. The van der Waals surface area contributed by atoms with Crippen LogP contribution in [0.5, 0.6) is 0 Å². The first-order valence-electron chi connectivity index (χ1n) is 5.65. The Balaban J connectivity index is 2.71. The number of nitrogens with two attached hydrogens (primary N) is 2. The molecule has 5 N–H and O–H groups in total. The molecule has 2 amide bonds. The zero-order valence-electron chi connectivity index (χ0n) is 10.8. The van der Waals surface area contributed by atoms with Gasteiger partial charge in [0.2, 0.25) is 11.8 Å². The summed E-state index contributed by atoms with van der Waals surface area (Å²) in [5.74, 6) is -0.772. The van der Waals surface area contributed by atoms with Crippen molar-refractivity contribution < 1.29 is 9.59 Å². The van der Waals surface area contributed by atoms with Gasteiger partial charge in [0.25, 0.3) is 0 Å². The quantitative estimate of drug-likeness (QED) is 0.692. The normalized spacial score (nSPS) is 12.2. The van der Waals surface area contributed by atoms with Crippen LogP contribution < -0.4 is 16.8 Å². The molecule has 1 rings (SSSR count). The zero-order valence-corrected chi connectivity index (χ0v) is 11.6. The third kappa shape index (κ3) is 4.42. The van der Waals surface area contributed by atoms with Crippen molar-refractivity contribution in [3.05, 3.63) is 23.2 Å². The summed E-state index contributed by atoms with van der Waals surface area (Å²) in [6.45, 7) is 1.68. The lowest BCUT2D eigenvalue weighted by Gasteiger charge is -2.22. The molecule has 0 aliphatic heterocycles. The Morgan fingerprint density at radius 2 is 2.11 bits per heavy atom. The SMILES string of the molecule is CC(C(=O)Nc1ccc(Cl)cc1N)N(C)CC(N)=O. The van der Waals surface area contributed by atoms with Gasteiger partial charge in [0, 0.05) is 5.02 Å². The highest BCUT2D eigenvalue weighted by molar-refractivity contribution is 6.31. The molecular formula is C12H17ClN4O2. The molecule has 0 aromatic heterocycles. The molecule has 0 aliphatic carbocycles. The maximum absolute atomic E-state index is 12.0. The highest BCUT2D eigenvalue weighted by Gasteiger charge is 2.19. The Bertz CT molecular complexity index is 493. The average molecular weight is 285 g/mol. The van der Waals surface area contributed by atoms with Gasteiger partial charge in [0.05, 0.1) is 24.0 Å². The van der Waals surface area contributed by atoms with Crippen LogP contribution in [0.2, 0.25) is 5.02 Å². The van der Waals surface area contributed by atoms with E-state index in [4.69, 9.17) is 23.1 Å². The molecular weight excluding hydrogens is 268 g/mol. The molecule has 6 nitrogen and oxygen atoms in total. The maximum atomic E-state index is 12.0. The average Bonchev–Trinajstić information content (AvgIpc) is 2.30. The fraction of sp³-hybridized carbons (Fsp3) is 0.333. The van der Waals surface area contributed by atoms with Gasteiger partial charge >= 0.3 is 0 Å². The third-order valence-corrected chi connectivity index (χ3v) is 2.95. The van der Waals surface area contributed by atoms with E-state index in [-0.39, 0.29) is 12.5 Å². The Labute approximate surface area is 116 Å². The predicted molar refractivity (Wildman–Crippen MR) is 75.8 cm³/mol. The van der Waals surface area contributed by atoms with E-state index in [0.717, 1.165) is 0 Å². The summed E-state index contributed by atoms with van der Waals surface area (Å²) >= 11 is 5.77. The molecule has 1 aromatic rings. The summed E-state index contributed by atoms with van der Waals surface area (Å²) in [4.78, 5) is 24.3. The van der Waals surface area contributed by atoms with E-state index in [1.165, 1.54) is 0 Å². The number of nitrogens with one attached hydrogen (secondary N) is 1. The summed E-state index contributed by atoms with van der Waals surface area (Å²) in [6, 6.07) is 4.29. The first kappa shape index (κ1) is 15.3. The molecule has 0 saturated heterocycles. The molecule has 1 aromatic carbocycles. The Morgan fingerprint density at radius 3 is 2.63 bits per heavy atom. The van der Waals surface area contributed by atoms with Crippen molar-refractivity contribution in [1.82, 2.24) is 4.90 Å². The van der Waals surface area contributed by atoms with Gasteiger partial charge in [-0.25, -0.2) is 0 Å². The Morgan fingerprint density at radius 1 is 1.47 bits per heavy atom. The van der Waals surface area contributed by atoms with E-state index in [2.05, 4.69) is 5.32 Å². The lowest BCUT2D eigenvalue weighted by Crippen LogP contribution is -2.43. The van der Waals surface area contributed by atoms with Crippen LogP contribution in [0.3, 0.4) is 0 Å². The molecule has 0 heterocycles. The van der Waals surface area contributed by atoms with Crippen LogP contribution in [0.15, 0.2) is 18.2 Å². The van der Waals surface area contributed by atoms with E-state index in [0.29, 0.717) is 16.4 Å². The number of nitrogens with zero attached hydrogens (tertiary/aromatic N) is 1. The number of hydrogen-bond acceptors (Lipinski definition) is 4. The van der Waals surface area contributed by atoms with Crippen LogP contribution in [0.1, 0.15) is 6.92 Å². The Kier molecular flexibility index (Phi) is 5.14. The van der Waals surface area contributed by atoms with Crippen LogP contribution in [-0.2, 0) is 9.59 Å². The number of nitrogen functional groups attached to an aromatic ring is 1. The molecule has 0 spiro atoms. The highest BCUT2D eigenvalue weighted by atomic mass is 35.5. The Hall–Kier alpha value is -1.79. The topological polar surface area (TPSA) is 101 Å². The minimum atomic E-state index is -0.512. The number of likely N-dealkylation sites (N-methyl/N-ethyl adjacent to an activating group) is 1. The fourth-order valence-corrected chi connectivity index (χ4v) is 1.65. The molecule has 7 heteroatoms. The van der Waals surface area contributed by atoms with E-state index < -0.39 is 11.9 Å². The van der Waals surface area contributed by atoms with Crippen LogP contribution in [0, 0.1) is 0 Å². The largest absolute Gasteiger partial charge is 0.397 e. The molecule has 0 bridgehead atoms.